The van der Waals surface area contributed by atoms with Crippen molar-refractivity contribution in [1.29, 1.82) is 10.7 Å². The molecule has 1 fully saturated rings. The fraction of sp³-hybridized carbons (Fsp3) is 0.481. The summed E-state index contributed by atoms with van der Waals surface area (Å²) in [5, 5.41) is 28.4. The average Bonchev–Trinajstić information content (AvgIpc) is 2.77. The Morgan fingerprint density at radius 1 is 1.31 bits per heavy atom. The molecule has 1 aromatic heterocycles. The van der Waals surface area contributed by atoms with E-state index in [0.717, 1.165) is 28.9 Å². The number of allylic oxidation sites excluding steroid dienone is 2. The maximum atomic E-state index is 10.0. The summed E-state index contributed by atoms with van der Waals surface area (Å²) in [6.45, 7) is 12.9. The van der Waals surface area contributed by atoms with Gasteiger partial charge in [0.05, 0.1) is 28.3 Å². The molecule has 0 radical (unpaired) electrons. The van der Waals surface area contributed by atoms with E-state index in [1.165, 1.54) is 0 Å². The van der Waals surface area contributed by atoms with E-state index in [2.05, 4.69) is 11.0 Å². The summed E-state index contributed by atoms with van der Waals surface area (Å²) >= 11 is 6.59. The Kier molecular flexibility index (Phi) is 8.19. The van der Waals surface area contributed by atoms with Crippen molar-refractivity contribution in [2.45, 2.75) is 60.5 Å². The fourth-order valence-electron chi connectivity index (χ4n) is 4.36. The molecule has 0 unspecified atom stereocenters. The van der Waals surface area contributed by atoms with Crippen LogP contribution in [0, 0.1) is 29.1 Å². The number of aromatic nitrogens is 2. The molecule has 186 valence electrons. The standard InChI is InChI=1S/C27H34ClN5O2/c1-7-8-19(34)12-35-20-9-10-22(28)21(11-20)25-31-24(23(16(2)3)18(5)30)17(4)26(32-25)33-14-27(6,13-29)15-33/h9-11,19,30,34H,7-8,12,14-15H2,1-6H3/t19-/m1/s1. The van der Waals surface area contributed by atoms with Crippen molar-refractivity contribution in [3.05, 3.63) is 40.1 Å². The molecule has 1 saturated heterocycles. The van der Waals surface area contributed by atoms with Gasteiger partial charge in [-0.15, -0.1) is 0 Å². The Bertz CT molecular complexity index is 1190. The molecule has 3 rings (SSSR count). The Balaban J connectivity index is 2.12. The predicted molar refractivity (Wildman–Crippen MR) is 141 cm³/mol. The van der Waals surface area contributed by atoms with Crippen molar-refractivity contribution in [1.82, 2.24) is 9.97 Å². The third kappa shape index (κ3) is 5.83. The molecule has 1 aliphatic rings. The molecule has 1 aliphatic heterocycles. The molecule has 7 nitrogen and oxygen atoms in total. The van der Waals surface area contributed by atoms with Gasteiger partial charge in [0.15, 0.2) is 5.82 Å². The van der Waals surface area contributed by atoms with E-state index in [4.69, 9.17) is 31.7 Å². The van der Waals surface area contributed by atoms with Crippen molar-refractivity contribution in [3.8, 4) is 23.2 Å². The van der Waals surface area contributed by atoms with E-state index in [-0.39, 0.29) is 6.61 Å². The number of aliphatic hydroxyl groups is 1. The van der Waals surface area contributed by atoms with Crippen molar-refractivity contribution >= 4 is 28.7 Å². The Morgan fingerprint density at radius 2 is 2.00 bits per heavy atom. The summed E-state index contributed by atoms with van der Waals surface area (Å²) in [5.74, 6) is 1.73. The summed E-state index contributed by atoms with van der Waals surface area (Å²) in [4.78, 5) is 11.8. The highest BCUT2D eigenvalue weighted by Gasteiger charge is 2.41. The summed E-state index contributed by atoms with van der Waals surface area (Å²) in [5.41, 5.74) is 3.90. The number of benzene rings is 1. The largest absolute Gasteiger partial charge is 0.491 e. The Labute approximate surface area is 212 Å². The van der Waals surface area contributed by atoms with Gasteiger partial charge in [-0.05, 0) is 59.2 Å². The number of hydrogen-bond acceptors (Lipinski definition) is 7. The summed E-state index contributed by atoms with van der Waals surface area (Å²) < 4.78 is 5.81. The van der Waals surface area contributed by atoms with Crippen LogP contribution >= 0.6 is 11.6 Å². The number of rotatable bonds is 9. The molecule has 1 atom stereocenters. The van der Waals surface area contributed by atoms with Gasteiger partial charge in [-0.1, -0.05) is 30.5 Å². The highest BCUT2D eigenvalue weighted by molar-refractivity contribution is 6.33. The Hall–Kier alpha value is -2.95. The van der Waals surface area contributed by atoms with Crippen LogP contribution in [-0.4, -0.2) is 46.6 Å². The van der Waals surface area contributed by atoms with Crippen LogP contribution in [0.4, 0.5) is 5.82 Å². The Morgan fingerprint density at radius 3 is 2.57 bits per heavy atom. The number of halogens is 1. The number of nitrogens with one attached hydrogen (secondary N) is 1. The van der Waals surface area contributed by atoms with Crippen LogP contribution in [0.2, 0.25) is 5.02 Å². The normalized spacial score (nSPS) is 15.1. The second kappa shape index (κ2) is 10.8. The lowest BCUT2D eigenvalue weighted by Gasteiger charge is -2.44. The molecule has 0 amide bonds. The van der Waals surface area contributed by atoms with Crippen LogP contribution in [0.5, 0.6) is 5.75 Å². The van der Waals surface area contributed by atoms with Crippen molar-refractivity contribution in [3.63, 3.8) is 0 Å². The molecule has 1 aromatic carbocycles. The molecule has 8 heteroatoms. The van der Waals surface area contributed by atoms with E-state index in [0.29, 0.717) is 53.1 Å². The number of ether oxygens (including phenoxy) is 1. The molecule has 2 aromatic rings. The van der Waals surface area contributed by atoms with Crippen LogP contribution < -0.4 is 9.64 Å². The topological polar surface area (TPSA) is 106 Å². The van der Waals surface area contributed by atoms with Gasteiger partial charge < -0.3 is 20.2 Å². The van der Waals surface area contributed by atoms with E-state index in [1.807, 2.05) is 34.6 Å². The van der Waals surface area contributed by atoms with Crippen molar-refractivity contribution < 1.29 is 9.84 Å². The van der Waals surface area contributed by atoms with Crippen LogP contribution in [0.3, 0.4) is 0 Å². The highest BCUT2D eigenvalue weighted by Crippen LogP contribution is 2.39. The molecular weight excluding hydrogens is 462 g/mol. The molecule has 0 aliphatic carbocycles. The number of hydrogen-bond donors (Lipinski definition) is 2. The number of anilines is 1. The molecule has 2 heterocycles. The van der Waals surface area contributed by atoms with Gasteiger partial charge in [0.2, 0.25) is 0 Å². The van der Waals surface area contributed by atoms with Gasteiger partial charge in [-0.2, -0.15) is 5.26 Å². The highest BCUT2D eigenvalue weighted by atomic mass is 35.5. The van der Waals surface area contributed by atoms with Crippen LogP contribution in [0.25, 0.3) is 17.0 Å². The smallest absolute Gasteiger partial charge is 0.163 e. The second-order valence-electron chi connectivity index (χ2n) is 9.77. The first kappa shape index (κ1) is 26.7. The lowest BCUT2D eigenvalue weighted by atomic mass is 9.83. The SMILES string of the molecule is CCC[C@@H](O)COc1ccc(Cl)c(-c2nc(C(C(C)=N)=C(C)C)c(C)c(N3CC(C)(C#N)C3)n2)c1. The number of nitrogens with zero attached hydrogens (tertiary/aromatic N) is 4. The van der Waals surface area contributed by atoms with Gasteiger partial charge in [0, 0.05) is 35.5 Å². The summed E-state index contributed by atoms with van der Waals surface area (Å²) in [6.07, 6.45) is 1.00. The number of aliphatic hydroxyl groups excluding tert-OH is 1. The van der Waals surface area contributed by atoms with Gasteiger partial charge in [0.1, 0.15) is 18.2 Å². The monoisotopic (exact) mass is 495 g/mol. The van der Waals surface area contributed by atoms with Crippen molar-refractivity contribution in [2.75, 3.05) is 24.6 Å². The lowest BCUT2D eigenvalue weighted by Crippen LogP contribution is -2.54. The van der Waals surface area contributed by atoms with Gasteiger partial charge in [-0.25, -0.2) is 9.97 Å². The predicted octanol–water partition coefficient (Wildman–Crippen LogP) is 5.83. The van der Waals surface area contributed by atoms with E-state index in [9.17, 15) is 10.4 Å². The lowest BCUT2D eigenvalue weighted by molar-refractivity contribution is 0.0994. The molecule has 0 saturated carbocycles. The third-order valence-electron chi connectivity index (χ3n) is 6.12. The summed E-state index contributed by atoms with van der Waals surface area (Å²) in [6, 6.07) is 7.66. The molecule has 0 bridgehead atoms. The van der Waals surface area contributed by atoms with Crippen LogP contribution in [0.15, 0.2) is 23.8 Å². The minimum atomic E-state index is -0.537. The average molecular weight is 496 g/mol. The van der Waals surface area contributed by atoms with Crippen molar-refractivity contribution in [2.24, 2.45) is 5.41 Å². The van der Waals surface area contributed by atoms with Gasteiger partial charge in [-0.3, -0.25) is 0 Å². The van der Waals surface area contributed by atoms with Crippen LogP contribution in [0.1, 0.15) is 58.7 Å². The minimum Gasteiger partial charge on any atom is -0.491 e. The van der Waals surface area contributed by atoms with Gasteiger partial charge >= 0.3 is 0 Å². The van der Waals surface area contributed by atoms with E-state index < -0.39 is 11.5 Å². The first-order valence-electron chi connectivity index (χ1n) is 11.9. The second-order valence-corrected chi connectivity index (χ2v) is 10.2. The molecule has 0 spiro atoms. The maximum absolute atomic E-state index is 10.0. The summed E-state index contributed by atoms with van der Waals surface area (Å²) in [7, 11) is 0. The zero-order valence-electron chi connectivity index (χ0n) is 21.4. The first-order valence-corrected chi connectivity index (χ1v) is 12.3. The quantitative estimate of drug-likeness (QED) is 0.424. The molecule has 35 heavy (non-hydrogen) atoms. The minimum absolute atomic E-state index is 0.190. The van der Waals surface area contributed by atoms with E-state index >= 15 is 0 Å². The number of nitriles is 1. The fourth-order valence-corrected chi connectivity index (χ4v) is 4.56. The molecule has 2 N–H and O–H groups in total. The van der Waals surface area contributed by atoms with E-state index in [1.54, 1.807) is 25.1 Å². The maximum Gasteiger partial charge on any atom is 0.163 e. The van der Waals surface area contributed by atoms with Gasteiger partial charge in [0.25, 0.3) is 0 Å². The zero-order valence-corrected chi connectivity index (χ0v) is 22.1. The zero-order chi connectivity index (χ0) is 25.9. The first-order chi connectivity index (χ1) is 16.5. The molecular formula is C27H34ClN5O2. The third-order valence-corrected chi connectivity index (χ3v) is 6.45. The van der Waals surface area contributed by atoms with Crippen LogP contribution in [-0.2, 0) is 0 Å².